The largest absolute Gasteiger partial charge is 0.491 e. The van der Waals surface area contributed by atoms with E-state index >= 15 is 0 Å². The van der Waals surface area contributed by atoms with Gasteiger partial charge in [-0.2, -0.15) is 5.10 Å². The summed E-state index contributed by atoms with van der Waals surface area (Å²) in [6.07, 6.45) is 0.0489. The second-order valence-electron chi connectivity index (χ2n) is 6.34. The van der Waals surface area contributed by atoms with E-state index in [1.807, 2.05) is 27.7 Å². The molecule has 7 heteroatoms. The average molecular weight is 339 g/mol. The summed E-state index contributed by atoms with van der Waals surface area (Å²) in [5.41, 5.74) is 0.464. The molecule has 0 atom stereocenters. The fraction of sp³-hybridized carbons (Fsp3) is 0.588. The third kappa shape index (κ3) is 6.14. The number of allylic oxidation sites excluding steroid dienone is 1. The molecule has 24 heavy (non-hydrogen) atoms. The van der Waals surface area contributed by atoms with Crippen molar-refractivity contribution in [1.82, 2.24) is 15.1 Å². The van der Waals surface area contributed by atoms with Crippen molar-refractivity contribution in [2.75, 3.05) is 13.3 Å². The number of hydrogen-bond donors (Lipinski definition) is 1. The van der Waals surface area contributed by atoms with Gasteiger partial charge in [0.25, 0.3) is 5.56 Å². The van der Waals surface area contributed by atoms with Gasteiger partial charge in [-0.15, -0.1) is 0 Å². The highest BCUT2D eigenvalue weighted by atomic mass is 19.1. The first-order valence-corrected chi connectivity index (χ1v) is 8.03. The van der Waals surface area contributed by atoms with Gasteiger partial charge in [0.2, 0.25) is 5.91 Å². The highest BCUT2D eigenvalue weighted by Gasteiger charge is 2.16. The predicted molar refractivity (Wildman–Crippen MR) is 90.8 cm³/mol. The molecule has 1 aromatic rings. The molecule has 1 N–H and O–H groups in total. The SMILES string of the molecule is C=C(CCF)NC(=O)Cn1nc(C(C)C)c(OCC(C)C)cc1=O. The smallest absolute Gasteiger partial charge is 0.270 e. The van der Waals surface area contributed by atoms with Crippen LogP contribution in [0.2, 0.25) is 0 Å². The third-order valence-corrected chi connectivity index (χ3v) is 3.11. The maximum atomic E-state index is 12.2. The van der Waals surface area contributed by atoms with Crippen LogP contribution in [0.15, 0.2) is 23.1 Å². The van der Waals surface area contributed by atoms with E-state index in [4.69, 9.17) is 4.74 Å². The zero-order chi connectivity index (χ0) is 18.3. The molecule has 0 spiro atoms. The average Bonchev–Trinajstić information content (AvgIpc) is 2.47. The van der Waals surface area contributed by atoms with Crippen molar-refractivity contribution in [2.45, 2.75) is 46.6 Å². The van der Waals surface area contributed by atoms with Crippen molar-refractivity contribution in [3.63, 3.8) is 0 Å². The third-order valence-electron chi connectivity index (χ3n) is 3.11. The molecule has 1 heterocycles. The van der Waals surface area contributed by atoms with E-state index in [1.165, 1.54) is 6.07 Å². The van der Waals surface area contributed by atoms with Crippen molar-refractivity contribution >= 4 is 5.91 Å². The van der Waals surface area contributed by atoms with Gasteiger partial charge < -0.3 is 10.1 Å². The minimum absolute atomic E-state index is 0.0311. The number of nitrogens with zero attached hydrogens (tertiary/aromatic N) is 2. The van der Waals surface area contributed by atoms with Crippen LogP contribution in [0.1, 0.15) is 45.7 Å². The number of ether oxygens (including phenoxy) is 1. The van der Waals surface area contributed by atoms with Crippen LogP contribution >= 0.6 is 0 Å². The zero-order valence-corrected chi connectivity index (χ0v) is 14.8. The van der Waals surface area contributed by atoms with E-state index in [2.05, 4.69) is 17.0 Å². The highest BCUT2D eigenvalue weighted by molar-refractivity contribution is 5.77. The Morgan fingerprint density at radius 2 is 2.08 bits per heavy atom. The first kappa shape index (κ1) is 19.9. The number of aromatic nitrogens is 2. The van der Waals surface area contributed by atoms with Crippen molar-refractivity contribution < 1.29 is 13.9 Å². The summed E-state index contributed by atoms with van der Waals surface area (Å²) in [6.45, 7) is 11.1. The molecule has 0 saturated carbocycles. The number of hydrogen-bond acceptors (Lipinski definition) is 4. The number of nitrogens with one attached hydrogen (secondary N) is 1. The molecule has 0 aliphatic rings. The summed E-state index contributed by atoms with van der Waals surface area (Å²) in [5, 5.41) is 6.71. The van der Waals surface area contributed by atoms with Crippen LogP contribution in [0.25, 0.3) is 0 Å². The second kappa shape index (κ2) is 9.20. The van der Waals surface area contributed by atoms with Crippen molar-refractivity contribution in [3.05, 3.63) is 34.4 Å². The number of rotatable bonds is 9. The molecule has 134 valence electrons. The van der Waals surface area contributed by atoms with Crippen LogP contribution in [0.4, 0.5) is 4.39 Å². The number of carbonyl (C=O) groups is 1. The molecule has 0 fully saturated rings. The van der Waals surface area contributed by atoms with Crippen LogP contribution in [0.3, 0.4) is 0 Å². The Kier molecular flexibility index (Phi) is 7.61. The Bertz CT molecular complexity index is 638. The van der Waals surface area contributed by atoms with Gasteiger partial charge in [0, 0.05) is 24.1 Å². The molecule has 0 aliphatic heterocycles. The summed E-state index contributed by atoms with van der Waals surface area (Å²) in [5.74, 6) is 0.333. The van der Waals surface area contributed by atoms with Crippen molar-refractivity contribution in [2.24, 2.45) is 5.92 Å². The summed E-state index contributed by atoms with van der Waals surface area (Å²) in [4.78, 5) is 24.1. The molecular weight excluding hydrogens is 313 g/mol. The van der Waals surface area contributed by atoms with E-state index in [-0.39, 0.29) is 24.6 Å². The first-order chi connectivity index (χ1) is 11.2. The monoisotopic (exact) mass is 339 g/mol. The maximum Gasteiger partial charge on any atom is 0.270 e. The van der Waals surface area contributed by atoms with Gasteiger partial charge in [0.1, 0.15) is 18.0 Å². The summed E-state index contributed by atoms with van der Waals surface area (Å²) < 4.78 is 19.0. The zero-order valence-electron chi connectivity index (χ0n) is 14.8. The minimum Gasteiger partial charge on any atom is -0.491 e. The summed E-state index contributed by atoms with van der Waals surface area (Å²) in [7, 11) is 0. The lowest BCUT2D eigenvalue weighted by molar-refractivity contribution is -0.121. The van der Waals surface area contributed by atoms with Crippen LogP contribution in [-0.4, -0.2) is 29.0 Å². The van der Waals surface area contributed by atoms with E-state index in [1.54, 1.807) is 0 Å². The van der Waals surface area contributed by atoms with Gasteiger partial charge in [-0.05, 0) is 5.92 Å². The van der Waals surface area contributed by atoms with E-state index in [0.717, 1.165) is 4.68 Å². The van der Waals surface area contributed by atoms with Gasteiger partial charge in [-0.3, -0.25) is 14.0 Å². The maximum absolute atomic E-state index is 12.2. The lowest BCUT2D eigenvalue weighted by atomic mass is 10.1. The Morgan fingerprint density at radius 3 is 2.62 bits per heavy atom. The molecule has 0 bridgehead atoms. The lowest BCUT2D eigenvalue weighted by Gasteiger charge is -2.16. The van der Waals surface area contributed by atoms with Gasteiger partial charge in [-0.1, -0.05) is 34.3 Å². The first-order valence-electron chi connectivity index (χ1n) is 8.03. The van der Waals surface area contributed by atoms with Crippen LogP contribution in [0.5, 0.6) is 5.75 Å². The summed E-state index contributed by atoms with van der Waals surface area (Å²) >= 11 is 0. The van der Waals surface area contributed by atoms with E-state index < -0.39 is 18.1 Å². The number of amides is 1. The highest BCUT2D eigenvalue weighted by Crippen LogP contribution is 2.22. The van der Waals surface area contributed by atoms with Gasteiger partial charge in [-0.25, -0.2) is 4.68 Å². The Balaban J connectivity index is 2.96. The summed E-state index contributed by atoms with van der Waals surface area (Å²) in [6, 6.07) is 1.36. The van der Waals surface area contributed by atoms with Gasteiger partial charge >= 0.3 is 0 Å². The molecule has 1 amide bonds. The van der Waals surface area contributed by atoms with Crippen molar-refractivity contribution in [3.8, 4) is 5.75 Å². The number of carbonyl (C=O) groups excluding carboxylic acids is 1. The van der Waals surface area contributed by atoms with E-state index in [0.29, 0.717) is 24.0 Å². The molecule has 0 unspecified atom stereocenters. The minimum atomic E-state index is -0.600. The molecule has 0 radical (unpaired) electrons. The normalized spacial score (nSPS) is 11.0. The number of alkyl halides is 1. The lowest BCUT2D eigenvalue weighted by Crippen LogP contribution is -2.34. The molecule has 1 rings (SSSR count). The Hall–Kier alpha value is -2.18. The quantitative estimate of drug-likeness (QED) is 0.750. The van der Waals surface area contributed by atoms with Crippen LogP contribution in [0, 0.1) is 5.92 Å². The molecular formula is C17H26FN3O3. The van der Waals surface area contributed by atoms with Crippen LogP contribution in [-0.2, 0) is 11.3 Å². The molecule has 6 nitrogen and oxygen atoms in total. The van der Waals surface area contributed by atoms with Crippen molar-refractivity contribution in [1.29, 1.82) is 0 Å². The topological polar surface area (TPSA) is 73.2 Å². The second-order valence-corrected chi connectivity index (χ2v) is 6.34. The predicted octanol–water partition coefficient (Wildman–Crippen LogP) is 2.39. The van der Waals surface area contributed by atoms with Gasteiger partial charge in [0.15, 0.2) is 0 Å². The number of halogens is 1. The Labute approximate surface area is 141 Å². The van der Waals surface area contributed by atoms with E-state index in [9.17, 15) is 14.0 Å². The Morgan fingerprint density at radius 1 is 1.42 bits per heavy atom. The fourth-order valence-corrected chi connectivity index (χ4v) is 1.92. The standard InChI is InChI=1S/C17H26FN3O3/c1-11(2)10-24-14-8-16(23)21(20-17(14)12(3)4)9-15(22)19-13(5)6-7-18/h8,11-12H,5-7,9-10H2,1-4H3,(H,19,22). The molecule has 0 aliphatic carbocycles. The molecule has 0 saturated heterocycles. The molecule has 1 aromatic heterocycles. The van der Waals surface area contributed by atoms with Gasteiger partial charge in [0.05, 0.1) is 13.3 Å². The molecule has 0 aromatic carbocycles. The fourth-order valence-electron chi connectivity index (χ4n) is 1.92. The van der Waals surface area contributed by atoms with Crippen LogP contribution < -0.4 is 15.6 Å².